The highest BCUT2D eigenvalue weighted by Gasteiger charge is 2.20. The van der Waals surface area contributed by atoms with E-state index in [1.807, 2.05) is 6.92 Å². The summed E-state index contributed by atoms with van der Waals surface area (Å²) in [6.45, 7) is 5.39. The molecule has 0 aromatic heterocycles. The van der Waals surface area contributed by atoms with Crippen LogP contribution in [0.3, 0.4) is 0 Å². The average Bonchev–Trinajstić information content (AvgIpc) is 2.91. The fourth-order valence-electron chi connectivity index (χ4n) is 2.62. The third-order valence-corrected chi connectivity index (χ3v) is 5.57. The van der Waals surface area contributed by atoms with Gasteiger partial charge in [0, 0.05) is 19.8 Å². The van der Waals surface area contributed by atoms with E-state index in [0.717, 1.165) is 31.6 Å². The average molecular weight is 313 g/mol. The van der Waals surface area contributed by atoms with Crippen molar-refractivity contribution >= 4 is 10.0 Å². The van der Waals surface area contributed by atoms with Crippen LogP contribution in [0.2, 0.25) is 0 Å². The lowest BCUT2D eigenvalue weighted by atomic mass is 10.1. The van der Waals surface area contributed by atoms with Gasteiger partial charge in [-0.15, -0.1) is 0 Å². The fraction of sp³-hybridized carbons (Fsp3) is 0.600. The Morgan fingerprint density at radius 1 is 1.33 bits per heavy atom. The molecular weight excluding hydrogens is 290 g/mol. The third kappa shape index (κ3) is 4.03. The van der Waals surface area contributed by atoms with Crippen molar-refractivity contribution in [2.24, 2.45) is 5.92 Å². The molecule has 0 aliphatic carbocycles. The van der Waals surface area contributed by atoms with E-state index >= 15 is 0 Å². The number of hydrogen-bond donors (Lipinski definition) is 2. The van der Waals surface area contributed by atoms with Crippen LogP contribution in [0.4, 0.5) is 0 Å². The lowest BCUT2D eigenvalue weighted by molar-refractivity contribution is 0.184. The van der Waals surface area contributed by atoms with Crippen LogP contribution in [0.25, 0.3) is 0 Å². The molecule has 6 heteroatoms. The molecule has 1 fully saturated rings. The molecule has 1 atom stereocenters. The summed E-state index contributed by atoms with van der Waals surface area (Å²) in [5.41, 5.74) is 2.24. The molecule has 0 spiro atoms. The summed E-state index contributed by atoms with van der Waals surface area (Å²) in [5.74, 6) is 0.444. The van der Waals surface area contributed by atoms with Gasteiger partial charge in [0.2, 0.25) is 10.0 Å². The number of sulfonamides is 1. The zero-order valence-corrected chi connectivity index (χ0v) is 13.4. The van der Waals surface area contributed by atoms with Crippen molar-refractivity contribution in [2.45, 2.75) is 38.2 Å². The number of hydrogen-bond acceptors (Lipinski definition) is 4. The van der Waals surface area contributed by atoms with Gasteiger partial charge in [-0.25, -0.2) is 13.1 Å². The molecule has 1 heterocycles. The van der Waals surface area contributed by atoms with E-state index in [9.17, 15) is 13.5 Å². The lowest BCUT2D eigenvalue weighted by Crippen LogP contribution is -2.27. The maximum Gasteiger partial charge on any atom is 0.240 e. The predicted octanol–water partition coefficient (Wildman–Crippen LogP) is 1.50. The molecule has 1 aromatic rings. The molecule has 1 aliphatic rings. The normalized spacial score (nSPS) is 19.1. The molecule has 0 saturated carbocycles. The quantitative estimate of drug-likeness (QED) is 0.834. The van der Waals surface area contributed by atoms with Crippen LogP contribution in [-0.2, 0) is 21.4 Å². The molecule has 1 aromatic carbocycles. The highest BCUT2D eigenvalue weighted by molar-refractivity contribution is 7.89. The zero-order valence-electron chi connectivity index (χ0n) is 12.6. The van der Waals surface area contributed by atoms with E-state index < -0.39 is 10.0 Å². The van der Waals surface area contributed by atoms with E-state index in [0.29, 0.717) is 23.6 Å². The van der Waals surface area contributed by atoms with Crippen molar-refractivity contribution in [1.29, 1.82) is 0 Å². The minimum Gasteiger partial charge on any atom is -0.392 e. The Kier molecular flexibility index (Phi) is 5.37. The maximum absolute atomic E-state index is 12.4. The monoisotopic (exact) mass is 313 g/mol. The Morgan fingerprint density at radius 2 is 2.10 bits per heavy atom. The molecular formula is C15H23NO4S. The van der Waals surface area contributed by atoms with E-state index in [1.54, 1.807) is 19.1 Å². The minimum atomic E-state index is -3.53. The van der Waals surface area contributed by atoms with Gasteiger partial charge in [0.25, 0.3) is 0 Å². The second-order valence-electron chi connectivity index (χ2n) is 5.62. The third-order valence-electron chi connectivity index (χ3n) is 3.96. The van der Waals surface area contributed by atoms with Crippen LogP contribution >= 0.6 is 0 Å². The maximum atomic E-state index is 12.4. The summed E-state index contributed by atoms with van der Waals surface area (Å²) in [5, 5.41) is 9.29. The first-order valence-corrected chi connectivity index (χ1v) is 8.70. The Hall–Kier alpha value is -0.950. The predicted molar refractivity (Wildman–Crippen MR) is 80.6 cm³/mol. The van der Waals surface area contributed by atoms with Crippen LogP contribution in [0.5, 0.6) is 0 Å². The van der Waals surface area contributed by atoms with Gasteiger partial charge in [-0.3, -0.25) is 0 Å². The Labute approximate surface area is 126 Å². The second-order valence-corrected chi connectivity index (χ2v) is 7.35. The molecule has 1 unspecified atom stereocenters. The number of benzene rings is 1. The van der Waals surface area contributed by atoms with Crippen LogP contribution in [-0.4, -0.2) is 33.3 Å². The molecule has 0 radical (unpaired) electrons. The van der Waals surface area contributed by atoms with Crippen molar-refractivity contribution in [3.63, 3.8) is 0 Å². The van der Waals surface area contributed by atoms with E-state index in [-0.39, 0.29) is 11.5 Å². The number of aliphatic hydroxyl groups excluding tert-OH is 1. The van der Waals surface area contributed by atoms with Gasteiger partial charge < -0.3 is 9.84 Å². The molecule has 2 N–H and O–H groups in total. The molecule has 21 heavy (non-hydrogen) atoms. The summed E-state index contributed by atoms with van der Waals surface area (Å²) < 4.78 is 32.7. The Balaban J connectivity index is 2.07. The van der Waals surface area contributed by atoms with Crippen molar-refractivity contribution < 1.29 is 18.3 Å². The van der Waals surface area contributed by atoms with Crippen LogP contribution in [0, 0.1) is 19.8 Å². The molecule has 1 aliphatic heterocycles. The first kappa shape index (κ1) is 16.4. The first-order chi connectivity index (χ1) is 9.94. The number of aryl methyl sites for hydroxylation is 2. The minimum absolute atomic E-state index is 0.159. The fourth-order valence-corrected chi connectivity index (χ4v) is 3.94. The number of nitrogens with one attached hydrogen (secondary N) is 1. The number of aliphatic hydroxyl groups is 1. The summed E-state index contributed by atoms with van der Waals surface area (Å²) in [7, 11) is -3.53. The van der Waals surface area contributed by atoms with E-state index in [2.05, 4.69) is 4.72 Å². The highest BCUT2D eigenvalue weighted by Crippen LogP contribution is 2.21. The molecule has 118 valence electrons. The Morgan fingerprint density at radius 3 is 2.71 bits per heavy atom. The number of ether oxygens (including phenoxy) is 1. The van der Waals surface area contributed by atoms with Gasteiger partial charge in [-0.2, -0.15) is 0 Å². The van der Waals surface area contributed by atoms with Crippen molar-refractivity contribution in [1.82, 2.24) is 4.72 Å². The van der Waals surface area contributed by atoms with Gasteiger partial charge in [0.1, 0.15) is 0 Å². The summed E-state index contributed by atoms with van der Waals surface area (Å²) >= 11 is 0. The summed E-state index contributed by atoms with van der Waals surface area (Å²) in [6, 6.07) is 3.36. The highest BCUT2D eigenvalue weighted by atomic mass is 32.2. The molecule has 0 bridgehead atoms. The van der Waals surface area contributed by atoms with Gasteiger partial charge >= 0.3 is 0 Å². The Bertz CT molecular complexity index is 592. The summed E-state index contributed by atoms with van der Waals surface area (Å²) in [6.07, 6.45) is 1.79. The van der Waals surface area contributed by atoms with E-state index in [4.69, 9.17) is 4.74 Å². The van der Waals surface area contributed by atoms with Gasteiger partial charge in [0.15, 0.2) is 0 Å². The van der Waals surface area contributed by atoms with Crippen LogP contribution in [0.1, 0.15) is 29.5 Å². The topological polar surface area (TPSA) is 75.6 Å². The smallest absolute Gasteiger partial charge is 0.240 e. The van der Waals surface area contributed by atoms with Crippen molar-refractivity contribution in [3.8, 4) is 0 Å². The van der Waals surface area contributed by atoms with Crippen molar-refractivity contribution in [2.75, 3.05) is 19.8 Å². The molecule has 5 nitrogen and oxygen atoms in total. The largest absolute Gasteiger partial charge is 0.392 e. The van der Waals surface area contributed by atoms with Gasteiger partial charge in [0.05, 0.1) is 11.5 Å². The van der Waals surface area contributed by atoms with Gasteiger partial charge in [-0.1, -0.05) is 6.07 Å². The van der Waals surface area contributed by atoms with E-state index in [1.165, 1.54) is 0 Å². The standard InChI is InChI=1S/C15H23NO4S/c1-11-7-12(2)15(8-14(11)9-17)21(18,19)16-5-3-13-4-6-20-10-13/h7-8,13,16-17H,3-6,9-10H2,1-2H3. The second kappa shape index (κ2) is 6.87. The first-order valence-electron chi connectivity index (χ1n) is 7.22. The molecule has 1 saturated heterocycles. The number of rotatable bonds is 6. The van der Waals surface area contributed by atoms with Crippen LogP contribution < -0.4 is 4.72 Å². The molecule has 0 amide bonds. The van der Waals surface area contributed by atoms with Crippen molar-refractivity contribution in [3.05, 3.63) is 28.8 Å². The summed E-state index contributed by atoms with van der Waals surface area (Å²) in [4.78, 5) is 0.250. The molecule has 2 rings (SSSR count). The van der Waals surface area contributed by atoms with Gasteiger partial charge in [-0.05, 0) is 55.4 Å². The lowest BCUT2D eigenvalue weighted by Gasteiger charge is -2.13. The SMILES string of the molecule is Cc1cc(C)c(S(=O)(=O)NCCC2CCOC2)cc1CO. The van der Waals surface area contributed by atoms with Crippen LogP contribution in [0.15, 0.2) is 17.0 Å². The zero-order chi connectivity index (χ0) is 15.5.